The van der Waals surface area contributed by atoms with E-state index in [1.807, 2.05) is 6.07 Å². The molecule has 1 atom stereocenters. The molecule has 0 amide bonds. The Labute approximate surface area is 125 Å². The molecule has 1 unspecified atom stereocenters. The van der Waals surface area contributed by atoms with Crippen LogP contribution in [0.15, 0.2) is 15.9 Å². The van der Waals surface area contributed by atoms with Crippen molar-refractivity contribution in [2.45, 2.75) is 18.8 Å². The minimum absolute atomic E-state index is 0.225. The largest absolute Gasteiger partial charge is 0.281 e. The Kier molecular flexibility index (Phi) is 5.16. The van der Waals surface area contributed by atoms with Gasteiger partial charge in [-0.1, -0.05) is 6.92 Å². The van der Waals surface area contributed by atoms with Gasteiger partial charge in [0.15, 0.2) is 9.84 Å². The summed E-state index contributed by atoms with van der Waals surface area (Å²) in [5.41, 5.74) is 0. The molecule has 18 heavy (non-hydrogen) atoms. The number of thioether (sulfide) groups is 1. The van der Waals surface area contributed by atoms with Gasteiger partial charge in [0, 0.05) is 35.2 Å². The highest BCUT2D eigenvalue weighted by Gasteiger charge is 2.32. The topological polar surface area (TPSA) is 37.4 Å². The Bertz CT molecular complexity index is 500. The number of hydrogen-bond acceptors (Lipinski definition) is 5. The average molecular weight is 370 g/mol. The van der Waals surface area contributed by atoms with Gasteiger partial charge in [-0.05, 0) is 28.1 Å². The zero-order valence-corrected chi connectivity index (χ0v) is 14.2. The number of sulfone groups is 1. The van der Waals surface area contributed by atoms with E-state index in [0.29, 0.717) is 5.75 Å². The van der Waals surface area contributed by atoms with Crippen LogP contribution in [0.1, 0.15) is 11.8 Å². The van der Waals surface area contributed by atoms with E-state index >= 15 is 0 Å². The molecule has 1 aliphatic heterocycles. The van der Waals surface area contributed by atoms with Crippen molar-refractivity contribution in [3.05, 3.63) is 20.8 Å². The van der Waals surface area contributed by atoms with E-state index in [0.717, 1.165) is 22.6 Å². The molecular weight excluding hydrogens is 354 g/mol. The molecule has 2 heterocycles. The van der Waals surface area contributed by atoms with Crippen molar-refractivity contribution in [2.75, 3.05) is 23.8 Å². The van der Waals surface area contributed by atoms with Crippen LogP contribution in [0.25, 0.3) is 0 Å². The van der Waals surface area contributed by atoms with Gasteiger partial charge < -0.3 is 0 Å². The molecule has 0 radical (unpaired) electrons. The molecule has 2 rings (SSSR count). The van der Waals surface area contributed by atoms with Gasteiger partial charge in [-0.2, -0.15) is 11.8 Å². The fourth-order valence-electron chi connectivity index (χ4n) is 1.96. The van der Waals surface area contributed by atoms with Crippen LogP contribution in [0.2, 0.25) is 0 Å². The van der Waals surface area contributed by atoms with Gasteiger partial charge in [0.1, 0.15) is 5.37 Å². The maximum atomic E-state index is 12.1. The number of thiophene rings is 1. The Morgan fingerprint density at radius 3 is 2.89 bits per heavy atom. The van der Waals surface area contributed by atoms with Crippen LogP contribution < -0.4 is 0 Å². The number of hydrogen-bond donors (Lipinski definition) is 0. The molecule has 3 nitrogen and oxygen atoms in total. The molecule has 1 aliphatic rings. The van der Waals surface area contributed by atoms with Crippen molar-refractivity contribution in [2.24, 2.45) is 0 Å². The first-order valence-electron chi connectivity index (χ1n) is 5.80. The third kappa shape index (κ3) is 3.50. The normalized spacial score (nSPS) is 22.2. The van der Waals surface area contributed by atoms with Crippen LogP contribution in [0.5, 0.6) is 0 Å². The van der Waals surface area contributed by atoms with Gasteiger partial charge in [0.2, 0.25) is 0 Å². The Morgan fingerprint density at radius 2 is 2.28 bits per heavy atom. The number of nitrogens with zero attached hydrogens (tertiary/aromatic N) is 1. The predicted molar refractivity (Wildman–Crippen MR) is 83.0 cm³/mol. The molecule has 102 valence electrons. The van der Waals surface area contributed by atoms with Crippen LogP contribution in [-0.4, -0.2) is 42.5 Å². The highest BCUT2D eigenvalue weighted by molar-refractivity contribution is 9.11. The van der Waals surface area contributed by atoms with Gasteiger partial charge in [-0.3, -0.25) is 4.90 Å². The molecule has 0 aromatic carbocycles. The lowest BCUT2D eigenvalue weighted by Gasteiger charge is -2.34. The molecule has 1 fully saturated rings. The lowest BCUT2D eigenvalue weighted by molar-refractivity contribution is 0.264. The van der Waals surface area contributed by atoms with Gasteiger partial charge in [-0.15, -0.1) is 11.3 Å². The Hall–Kier alpha value is 0.440. The quantitative estimate of drug-likeness (QED) is 0.817. The minimum atomic E-state index is -2.99. The van der Waals surface area contributed by atoms with E-state index in [1.165, 1.54) is 4.88 Å². The fraction of sp³-hybridized carbons (Fsp3) is 0.636. The molecule has 1 saturated heterocycles. The molecule has 1 aromatic rings. The molecule has 0 N–H and O–H groups in total. The maximum absolute atomic E-state index is 12.1. The maximum Gasteiger partial charge on any atom is 0.166 e. The van der Waals surface area contributed by atoms with Crippen molar-refractivity contribution in [3.8, 4) is 0 Å². The highest BCUT2D eigenvalue weighted by atomic mass is 79.9. The summed E-state index contributed by atoms with van der Waals surface area (Å²) in [7, 11) is -2.99. The molecule has 7 heteroatoms. The van der Waals surface area contributed by atoms with E-state index in [1.54, 1.807) is 30.0 Å². The second kappa shape index (κ2) is 6.26. The third-order valence-corrected chi connectivity index (χ3v) is 7.94. The summed E-state index contributed by atoms with van der Waals surface area (Å²) in [6, 6.07) is 4.08. The van der Waals surface area contributed by atoms with Crippen LogP contribution in [-0.2, 0) is 16.4 Å². The zero-order chi connectivity index (χ0) is 13.2. The monoisotopic (exact) mass is 369 g/mol. The summed E-state index contributed by atoms with van der Waals surface area (Å²) in [6.07, 6.45) is 0. The fourth-order valence-corrected chi connectivity index (χ4v) is 6.54. The summed E-state index contributed by atoms with van der Waals surface area (Å²) in [5.74, 6) is 1.94. The van der Waals surface area contributed by atoms with Crippen molar-refractivity contribution in [1.29, 1.82) is 0 Å². The molecule has 1 aromatic heterocycles. The summed E-state index contributed by atoms with van der Waals surface area (Å²) in [4.78, 5) is 3.32. The van der Waals surface area contributed by atoms with Crippen molar-refractivity contribution >= 4 is 48.9 Å². The van der Waals surface area contributed by atoms with Gasteiger partial charge in [0.25, 0.3) is 0 Å². The second-order valence-corrected chi connectivity index (χ2v) is 10.3. The summed E-state index contributed by atoms with van der Waals surface area (Å²) >= 11 is 6.86. The van der Waals surface area contributed by atoms with Gasteiger partial charge in [-0.25, -0.2) is 8.42 Å². The van der Waals surface area contributed by atoms with E-state index in [4.69, 9.17) is 0 Å². The highest BCUT2D eigenvalue weighted by Crippen LogP contribution is 2.27. The Morgan fingerprint density at radius 1 is 1.50 bits per heavy atom. The van der Waals surface area contributed by atoms with Crippen LogP contribution in [0.4, 0.5) is 0 Å². The van der Waals surface area contributed by atoms with Crippen molar-refractivity contribution in [1.82, 2.24) is 4.90 Å². The summed E-state index contributed by atoms with van der Waals surface area (Å²) in [6.45, 7) is 3.32. The van der Waals surface area contributed by atoms with Crippen molar-refractivity contribution in [3.63, 3.8) is 0 Å². The molecule has 0 saturated carbocycles. The minimum Gasteiger partial charge on any atom is -0.281 e. The van der Waals surface area contributed by atoms with E-state index < -0.39 is 9.84 Å². The average Bonchev–Trinajstić information content (AvgIpc) is 2.75. The third-order valence-electron chi connectivity index (χ3n) is 3.00. The smallest absolute Gasteiger partial charge is 0.166 e. The summed E-state index contributed by atoms with van der Waals surface area (Å²) < 4.78 is 25.3. The van der Waals surface area contributed by atoms with Crippen molar-refractivity contribution < 1.29 is 8.42 Å². The SMILES string of the molecule is CCS(=O)(=O)C1CSCCN1Cc1ccc(Br)s1. The lowest BCUT2D eigenvalue weighted by Crippen LogP contribution is -2.47. The van der Waals surface area contributed by atoms with Gasteiger partial charge >= 0.3 is 0 Å². The standard InChI is InChI=1S/C11H16BrNO2S3/c1-2-18(14,15)11-8-16-6-5-13(11)7-9-3-4-10(12)17-9/h3-4,11H,2,5-8H2,1H3. The first-order chi connectivity index (χ1) is 8.53. The van der Waals surface area contributed by atoms with E-state index in [-0.39, 0.29) is 11.1 Å². The van der Waals surface area contributed by atoms with Crippen LogP contribution >= 0.6 is 39.0 Å². The second-order valence-electron chi connectivity index (χ2n) is 4.16. The molecule has 0 spiro atoms. The van der Waals surface area contributed by atoms with Gasteiger partial charge in [0.05, 0.1) is 3.79 Å². The number of rotatable bonds is 4. The predicted octanol–water partition coefficient (Wildman–Crippen LogP) is 2.82. The first-order valence-corrected chi connectivity index (χ1v) is 10.3. The molecular formula is C11H16BrNO2S3. The molecule has 0 bridgehead atoms. The van der Waals surface area contributed by atoms with E-state index in [2.05, 4.69) is 26.9 Å². The Balaban J connectivity index is 2.13. The van der Waals surface area contributed by atoms with Crippen LogP contribution in [0, 0.1) is 0 Å². The van der Waals surface area contributed by atoms with E-state index in [9.17, 15) is 8.42 Å². The summed E-state index contributed by atoms with van der Waals surface area (Å²) in [5, 5.41) is -0.317. The lowest BCUT2D eigenvalue weighted by atomic mass is 10.4. The molecule has 0 aliphatic carbocycles. The van der Waals surface area contributed by atoms with Crippen LogP contribution in [0.3, 0.4) is 0 Å². The number of halogens is 1. The first kappa shape index (κ1) is 14.8. The zero-order valence-electron chi connectivity index (χ0n) is 10.1.